The molecule has 0 amide bonds. The van der Waals surface area contributed by atoms with Gasteiger partial charge in [-0.1, -0.05) is 60.7 Å². The number of carbonyl (C=O) groups is 1. The molecule has 1 aliphatic rings. The van der Waals surface area contributed by atoms with Gasteiger partial charge in [-0.3, -0.25) is 0 Å². The number of esters is 1. The van der Waals surface area contributed by atoms with Crippen LogP contribution < -0.4 is 0 Å². The molecule has 2 aromatic carbocycles. The van der Waals surface area contributed by atoms with Gasteiger partial charge in [-0.25, -0.2) is 9.79 Å². The summed E-state index contributed by atoms with van der Waals surface area (Å²) in [7, 11) is 0. The Kier molecular flexibility index (Phi) is 3.74. The number of benzene rings is 2. The summed E-state index contributed by atoms with van der Waals surface area (Å²) in [5, 5.41) is 0. The smallest absolute Gasteiger partial charge is 0.363 e. The van der Waals surface area contributed by atoms with Gasteiger partial charge in [0.1, 0.15) is 0 Å². The number of ether oxygens (including phenoxy) is 1. The van der Waals surface area contributed by atoms with Crippen LogP contribution in [0.2, 0.25) is 0 Å². The lowest BCUT2D eigenvalue weighted by Gasteiger charge is -1.93. The Morgan fingerprint density at radius 2 is 1.43 bits per heavy atom. The fourth-order valence-electron chi connectivity index (χ4n) is 1.94. The first kappa shape index (κ1) is 13.1. The number of hydrogen-bond acceptors (Lipinski definition) is 3. The van der Waals surface area contributed by atoms with Gasteiger partial charge in [0.2, 0.25) is 5.90 Å². The normalized spacial score (nSPS) is 16.3. The van der Waals surface area contributed by atoms with E-state index in [2.05, 4.69) is 4.99 Å². The highest BCUT2D eigenvalue weighted by atomic mass is 16.6. The second-order valence-corrected chi connectivity index (χ2v) is 4.52. The van der Waals surface area contributed by atoms with Crippen molar-refractivity contribution in [3.63, 3.8) is 0 Å². The van der Waals surface area contributed by atoms with Crippen molar-refractivity contribution >= 4 is 24.0 Å². The summed E-state index contributed by atoms with van der Waals surface area (Å²) in [6, 6.07) is 19.3. The van der Waals surface area contributed by atoms with Gasteiger partial charge >= 0.3 is 5.97 Å². The van der Waals surface area contributed by atoms with Crippen molar-refractivity contribution in [3.05, 3.63) is 83.6 Å². The Labute approximate surface area is 122 Å². The maximum Gasteiger partial charge on any atom is 0.363 e. The lowest BCUT2D eigenvalue weighted by atomic mass is 10.2. The Balaban J connectivity index is 1.80. The van der Waals surface area contributed by atoms with Crippen molar-refractivity contribution in [2.45, 2.75) is 0 Å². The molecule has 0 spiro atoms. The monoisotopic (exact) mass is 275 g/mol. The summed E-state index contributed by atoms with van der Waals surface area (Å²) < 4.78 is 5.12. The standard InChI is InChI=1S/C18H13NO2/c20-18-16(13-15-9-5-2-6-10-15)19-17(21-18)12-11-14-7-3-1-4-8-14/h1-13H. The van der Waals surface area contributed by atoms with E-state index in [1.165, 1.54) is 0 Å². The zero-order valence-electron chi connectivity index (χ0n) is 11.3. The zero-order chi connectivity index (χ0) is 14.5. The van der Waals surface area contributed by atoms with E-state index in [0.717, 1.165) is 11.1 Å². The number of carbonyl (C=O) groups excluding carboxylic acids is 1. The fraction of sp³-hybridized carbons (Fsp3) is 0. The highest BCUT2D eigenvalue weighted by Gasteiger charge is 2.20. The van der Waals surface area contributed by atoms with Gasteiger partial charge in [0.05, 0.1) is 0 Å². The first-order valence-electron chi connectivity index (χ1n) is 6.62. The molecule has 3 nitrogen and oxygen atoms in total. The van der Waals surface area contributed by atoms with E-state index in [9.17, 15) is 4.79 Å². The maximum absolute atomic E-state index is 11.8. The van der Waals surface area contributed by atoms with E-state index < -0.39 is 5.97 Å². The van der Waals surface area contributed by atoms with Crippen LogP contribution in [0, 0.1) is 0 Å². The number of nitrogens with zero attached hydrogens (tertiary/aromatic N) is 1. The highest BCUT2D eigenvalue weighted by Crippen LogP contribution is 2.16. The van der Waals surface area contributed by atoms with Gasteiger partial charge in [-0.15, -0.1) is 0 Å². The van der Waals surface area contributed by atoms with Crippen LogP contribution in [0.15, 0.2) is 77.4 Å². The van der Waals surface area contributed by atoms with Gasteiger partial charge in [0.25, 0.3) is 0 Å². The molecule has 1 aliphatic heterocycles. The molecule has 2 aromatic rings. The van der Waals surface area contributed by atoms with Crippen molar-refractivity contribution in [1.29, 1.82) is 0 Å². The summed E-state index contributed by atoms with van der Waals surface area (Å²) in [6.45, 7) is 0. The summed E-state index contributed by atoms with van der Waals surface area (Å²) in [5.41, 5.74) is 2.26. The van der Waals surface area contributed by atoms with Crippen molar-refractivity contribution in [1.82, 2.24) is 0 Å². The van der Waals surface area contributed by atoms with Crippen LogP contribution in [0.4, 0.5) is 0 Å². The number of aliphatic imine (C=N–C) groups is 1. The summed E-state index contributed by atoms with van der Waals surface area (Å²) in [6.07, 6.45) is 5.27. The molecule has 0 saturated heterocycles. The third-order valence-electron chi connectivity index (χ3n) is 2.96. The van der Waals surface area contributed by atoms with E-state index in [1.54, 1.807) is 12.2 Å². The van der Waals surface area contributed by atoms with Crippen molar-refractivity contribution in [2.24, 2.45) is 4.99 Å². The average Bonchev–Trinajstić information content (AvgIpc) is 2.87. The molecule has 0 fully saturated rings. The van der Waals surface area contributed by atoms with Crippen LogP contribution in [0.1, 0.15) is 11.1 Å². The third kappa shape index (κ3) is 3.34. The third-order valence-corrected chi connectivity index (χ3v) is 2.96. The minimum atomic E-state index is -0.424. The number of cyclic esters (lactones) is 1. The Bertz CT molecular complexity index is 728. The average molecular weight is 275 g/mol. The second kappa shape index (κ2) is 6.01. The van der Waals surface area contributed by atoms with E-state index in [-0.39, 0.29) is 0 Å². The molecule has 0 N–H and O–H groups in total. The van der Waals surface area contributed by atoms with Crippen LogP contribution in [-0.4, -0.2) is 11.9 Å². The number of rotatable bonds is 3. The molecule has 0 bridgehead atoms. The van der Waals surface area contributed by atoms with Crippen molar-refractivity contribution in [3.8, 4) is 0 Å². The summed E-state index contributed by atoms with van der Waals surface area (Å²) in [4.78, 5) is 16.0. The van der Waals surface area contributed by atoms with Gasteiger partial charge in [0, 0.05) is 6.08 Å². The van der Waals surface area contributed by atoms with Gasteiger partial charge in [-0.05, 0) is 23.3 Å². The molecule has 21 heavy (non-hydrogen) atoms. The minimum Gasteiger partial charge on any atom is -0.403 e. The molecule has 3 heteroatoms. The molecule has 0 unspecified atom stereocenters. The topological polar surface area (TPSA) is 38.7 Å². The first-order chi connectivity index (χ1) is 10.3. The molecule has 1 heterocycles. The van der Waals surface area contributed by atoms with Gasteiger partial charge in [-0.2, -0.15) is 0 Å². The number of hydrogen-bond donors (Lipinski definition) is 0. The predicted molar refractivity (Wildman–Crippen MR) is 83.4 cm³/mol. The summed E-state index contributed by atoms with van der Waals surface area (Å²) >= 11 is 0. The second-order valence-electron chi connectivity index (χ2n) is 4.52. The lowest BCUT2D eigenvalue weighted by molar-refractivity contribution is -0.129. The molecule has 3 rings (SSSR count). The predicted octanol–water partition coefficient (Wildman–Crippen LogP) is 3.70. The molecule has 0 aliphatic carbocycles. The largest absolute Gasteiger partial charge is 0.403 e. The van der Waals surface area contributed by atoms with Crippen LogP contribution in [0.3, 0.4) is 0 Å². The molecular formula is C18H13NO2. The Morgan fingerprint density at radius 1 is 0.810 bits per heavy atom. The zero-order valence-corrected chi connectivity index (χ0v) is 11.3. The van der Waals surface area contributed by atoms with Crippen molar-refractivity contribution < 1.29 is 9.53 Å². The first-order valence-corrected chi connectivity index (χ1v) is 6.62. The minimum absolute atomic E-state index is 0.311. The van der Waals surface area contributed by atoms with Crippen molar-refractivity contribution in [2.75, 3.05) is 0 Å². The highest BCUT2D eigenvalue weighted by molar-refractivity contribution is 6.11. The molecule has 0 aromatic heterocycles. The molecule has 0 atom stereocenters. The molecular weight excluding hydrogens is 262 g/mol. The SMILES string of the molecule is O=C1OC(C=Cc2ccccc2)=NC1=Cc1ccccc1. The fourth-order valence-corrected chi connectivity index (χ4v) is 1.94. The van der Waals surface area contributed by atoms with E-state index >= 15 is 0 Å². The maximum atomic E-state index is 11.8. The Hall–Kier alpha value is -2.94. The molecule has 0 radical (unpaired) electrons. The van der Waals surface area contributed by atoms with Crippen LogP contribution in [0.5, 0.6) is 0 Å². The van der Waals surface area contributed by atoms with E-state index in [4.69, 9.17) is 4.74 Å². The van der Waals surface area contributed by atoms with Gasteiger partial charge in [0.15, 0.2) is 5.70 Å². The van der Waals surface area contributed by atoms with E-state index in [0.29, 0.717) is 11.6 Å². The van der Waals surface area contributed by atoms with E-state index in [1.807, 2.05) is 66.7 Å². The Morgan fingerprint density at radius 3 is 2.10 bits per heavy atom. The van der Waals surface area contributed by atoms with Crippen LogP contribution in [-0.2, 0) is 9.53 Å². The van der Waals surface area contributed by atoms with Gasteiger partial charge < -0.3 is 4.74 Å². The lowest BCUT2D eigenvalue weighted by Crippen LogP contribution is -2.01. The summed E-state index contributed by atoms with van der Waals surface area (Å²) in [5.74, 6) is -0.113. The quantitative estimate of drug-likeness (QED) is 0.633. The van der Waals surface area contributed by atoms with Crippen LogP contribution >= 0.6 is 0 Å². The van der Waals surface area contributed by atoms with Crippen LogP contribution in [0.25, 0.3) is 12.2 Å². The molecule has 102 valence electrons. The molecule has 0 saturated carbocycles.